The van der Waals surface area contributed by atoms with Gasteiger partial charge in [0, 0.05) is 22.2 Å². The lowest BCUT2D eigenvalue weighted by atomic mass is 9.98. The number of non-ortho nitro benzene ring substituents is 1. The van der Waals surface area contributed by atoms with Gasteiger partial charge in [0.05, 0.1) is 10.5 Å². The van der Waals surface area contributed by atoms with E-state index >= 15 is 0 Å². The molecule has 0 fully saturated rings. The van der Waals surface area contributed by atoms with E-state index < -0.39 is 4.92 Å². The second-order valence-electron chi connectivity index (χ2n) is 4.78. The van der Waals surface area contributed by atoms with E-state index in [1.165, 1.54) is 12.1 Å². The maximum atomic E-state index is 12.5. The second kappa shape index (κ2) is 5.73. The molecule has 0 saturated carbocycles. The van der Waals surface area contributed by atoms with Gasteiger partial charge >= 0.3 is 0 Å². The number of rotatable bonds is 2. The number of ketones is 1. The van der Waals surface area contributed by atoms with Crippen molar-refractivity contribution in [1.29, 1.82) is 0 Å². The topological polar surface area (TPSA) is 69.4 Å². The van der Waals surface area contributed by atoms with Crippen molar-refractivity contribution in [2.24, 2.45) is 0 Å². The van der Waals surface area contributed by atoms with Gasteiger partial charge in [-0.2, -0.15) is 0 Å². The molecular formula is C16H10BrNO4. The first-order chi connectivity index (χ1) is 10.5. The van der Waals surface area contributed by atoms with Crippen LogP contribution in [0.2, 0.25) is 0 Å². The van der Waals surface area contributed by atoms with Gasteiger partial charge in [-0.3, -0.25) is 14.9 Å². The van der Waals surface area contributed by atoms with Gasteiger partial charge in [-0.1, -0.05) is 28.1 Å². The first-order valence-corrected chi connectivity index (χ1v) is 7.26. The lowest BCUT2D eigenvalue weighted by molar-refractivity contribution is -0.384. The Balaban J connectivity index is 1.98. The summed E-state index contributed by atoms with van der Waals surface area (Å²) in [7, 11) is 0. The van der Waals surface area contributed by atoms with Crippen LogP contribution in [0.25, 0.3) is 6.08 Å². The Morgan fingerprint density at radius 3 is 2.82 bits per heavy atom. The van der Waals surface area contributed by atoms with Crippen LogP contribution in [0.1, 0.15) is 15.9 Å². The number of hydrogen-bond donors (Lipinski definition) is 0. The van der Waals surface area contributed by atoms with Gasteiger partial charge in [-0.05, 0) is 29.8 Å². The predicted molar refractivity (Wildman–Crippen MR) is 85.0 cm³/mol. The molecule has 0 radical (unpaired) electrons. The Morgan fingerprint density at radius 1 is 1.23 bits per heavy atom. The molecule has 0 spiro atoms. The normalized spacial score (nSPS) is 15.3. The fourth-order valence-electron chi connectivity index (χ4n) is 2.24. The van der Waals surface area contributed by atoms with E-state index in [9.17, 15) is 14.9 Å². The summed E-state index contributed by atoms with van der Waals surface area (Å²) in [4.78, 5) is 22.8. The number of ether oxygens (including phenoxy) is 1. The number of nitrogens with zero attached hydrogens (tertiary/aromatic N) is 1. The lowest BCUT2D eigenvalue weighted by Gasteiger charge is -2.19. The average molecular weight is 360 g/mol. The number of hydrogen-bond acceptors (Lipinski definition) is 4. The van der Waals surface area contributed by atoms with Gasteiger partial charge < -0.3 is 4.74 Å². The first kappa shape index (κ1) is 14.5. The quantitative estimate of drug-likeness (QED) is 0.461. The maximum absolute atomic E-state index is 12.5. The Hall–Kier alpha value is -2.47. The fourth-order valence-corrected chi connectivity index (χ4v) is 2.60. The van der Waals surface area contributed by atoms with Crippen LogP contribution < -0.4 is 4.74 Å². The van der Waals surface area contributed by atoms with Crippen LogP contribution in [0, 0.1) is 10.1 Å². The minimum Gasteiger partial charge on any atom is -0.488 e. The Bertz CT molecular complexity index is 814. The van der Waals surface area contributed by atoms with Crippen molar-refractivity contribution in [3.05, 3.63) is 73.8 Å². The molecule has 0 atom stereocenters. The predicted octanol–water partition coefficient (Wildman–Crippen LogP) is 4.02. The van der Waals surface area contributed by atoms with Gasteiger partial charge in [-0.15, -0.1) is 0 Å². The van der Waals surface area contributed by atoms with Crippen molar-refractivity contribution in [2.45, 2.75) is 0 Å². The lowest BCUT2D eigenvalue weighted by Crippen LogP contribution is -2.19. The molecule has 2 aromatic rings. The molecule has 3 rings (SSSR count). The van der Waals surface area contributed by atoms with Crippen LogP contribution in [0.5, 0.6) is 5.75 Å². The SMILES string of the molecule is O=C1/C(=C\c2cccc([N+](=O)[O-])c2)COc2ccc(Br)cc21. The van der Waals surface area contributed by atoms with Crippen LogP contribution >= 0.6 is 15.9 Å². The third kappa shape index (κ3) is 2.78. The van der Waals surface area contributed by atoms with E-state index in [0.29, 0.717) is 22.4 Å². The van der Waals surface area contributed by atoms with Gasteiger partial charge in [-0.25, -0.2) is 0 Å². The molecule has 1 aliphatic rings. The van der Waals surface area contributed by atoms with Gasteiger partial charge in [0.1, 0.15) is 12.4 Å². The number of nitro benzene ring substituents is 1. The summed E-state index contributed by atoms with van der Waals surface area (Å²) in [6.07, 6.45) is 1.62. The number of carbonyl (C=O) groups excluding carboxylic acids is 1. The number of fused-ring (bicyclic) bond motifs is 1. The standard InChI is InChI=1S/C16H10BrNO4/c17-12-4-5-15-14(8-12)16(19)11(9-22-15)6-10-2-1-3-13(7-10)18(20)21/h1-8H,9H2/b11-6-. The monoisotopic (exact) mass is 359 g/mol. The summed E-state index contributed by atoms with van der Waals surface area (Å²) in [6, 6.07) is 11.4. The smallest absolute Gasteiger partial charge is 0.270 e. The Kier molecular flexibility index (Phi) is 3.77. The molecule has 0 N–H and O–H groups in total. The maximum Gasteiger partial charge on any atom is 0.270 e. The molecule has 5 nitrogen and oxygen atoms in total. The van der Waals surface area contributed by atoms with Crippen molar-refractivity contribution in [1.82, 2.24) is 0 Å². The van der Waals surface area contributed by atoms with Gasteiger partial charge in [0.25, 0.3) is 5.69 Å². The van der Waals surface area contributed by atoms with Crippen molar-refractivity contribution in [2.75, 3.05) is 6.61 Å². The molecule has 0 aliphatic carbocycles. The van der Waals surface area contributed by atoms with Crippen LogP contribution in [-0.4, -0.2) is 17.3 Å². The molecule has 0 bridgehead atoms. The first-order valence-electron chi connectivity index (χ1n) is 6.46. The summed E-state index contributed by atoms with van der Waals surface area (Å²) < 4.78 is 6.36. The zero-order chi connectivity index (χ0) is 15.7. The molecule has 2 aromatic carbocycles. The van der Waals surface area contributed by atoms with E-state index in [2.05, 4.69) is 15.9 Å². The summed E-state index contributed by atoms with van der Waals surface area (Å²) in [5.74, 6) is 0.415. The Labute approximate surface area is 134 Å². The second-order valence-corrected chi connectivity index (χ2v) is 5.70. The highest BCUT2D eigenvalue weighted by Crippen LogP contribution is 2.30. The molecule has 1 heterocycles. The molecular weight excluding hydrogens is 350 g/mol. The average Bonchev–Trinajstić information content (AvgIpc) is 2.51. The van der Waals surface area contributed by atoms with Crippen LogP contribution in [-0.2, 0) is 0 Å². The highest BCUT2D eigenvalue weighted by molar-refractivity contribution is 9.10. The van der Waals surface area contributed by atoms with Crippen molar-refractivity contribution in [3.63, 3.8) is 0 Å². The van der Waals surface area contributed by atoms with E-state index in [0.717, 1.165) is 4.47 Å². The van der Waals surface area contributed by atoms with Crippen molar-refractivity contribution < 1.29 is 14.5 Å². The molecule has 0 saturated heterocycles. The van der Waals surface area contributed by atoms with Gasteiger partial charge in [0.2, 0.25) is 0 Å². The largest absolute Gasteiger partial charge is 0.488 e. The third-order valence-corrected chi connectivity index (χ3v) is 3.78. The molecule has 6 heteroatoms. The number of nitro groups is 1. The van der Waals surface area contributed by atoms with Gasteiger partial charge in [0.15, 0.2) is 5.78 Å². The summed E-state index contributed by atoms with van der Waals surface area (Å²) in [5.41, 5.74) is 1.53. The zero-order valence-electron chi connectivity index (χ0n) is 11.3. The molecule has 0 aromatic heterocycles. The highest BCUT2D eigenvalue weighted by atomic mass is 79.9. The Morgan fingerprint density at radius 2 is 2.05 bits per heavy atom. The third-order valence-electron chi connectivity index (χ3n) is 3.28. The molecule has 0 unspecified atom stereocenters. The van der Waals surface area contributed by atoms with Crippen molar-refractivity contribution >= 4 is 33.5 Å². The summed E-state index contributed by atoms with van der Waals surface area (Å²) >= 11 is 3.33. The van der Waals surface area contributed by atoms with Crippen LogP contribution in [0.15, 0.2) is 52.5 Å². The molecule has 22 heavy (non-hydrogen) atoms. The van der Waals surface area contributed by atoms with Crippen molar-refractivity contribution in [3.8, 4) is 5.75 Å². The minimum absolute atomic E-state index is 0.0123. The van der Waals surface area contributed by atoms with E-state index in [-0.39, 0.29) is 18.1 Å². The molecule has 0 amide bonds. The zero-order valence-corrected chi connectivity index (χ0v) is 12.9. The highest BCUT2D eigenvalue weighted by Gasteiger charge is 2.23. The minimum atomic E-state index is -0.465. The van der Waals surface area contributed by atoms with E-state index in [1.807, 2.05) is 0 Å². The van der Waals surface area contributed by atoms with Crippen LogP contribution in [0.3, 0.4) is 0 Å². The molecule has 110 valence electrons. The summed E-state index contributed by atoms with van der Waals surface area (Å²) in [5, 5.41) is 10.8. The summed E-state index contributed by atoms with van der Waals surface area (Å²) in [6.45, 7) is 0.149. The number of Topliss-reactive ketones (excluding diaryl/α,β-unsaturated/α-hetero) is 1. The van der Waals surface area contributed by atoms with E-state index in [4.69, 9.17) is 4.74 Å². The van der Waals surface area contributed by atoms with E-state index in [1.54, 1.807) is 36.4 Å². The number of carbonyl (C=O) groups is 1. The number of benzene rings is 2. The fraction of sp³-hybridized carbons (Fsp3) is 0.0625. The molecule has 1 aliphatic heterocycles. The number of halogens is 1. The van der Waals surface area contributed by atoms with Crippen LogP contribution in [0.4, 0.5) is 5.69 Å².